The van der Waals surface area contributed by atoms with Gasteiger partial charge in [0.25, 0.3) is 0 Å². The van der Waals surface area contributed by atoms with Gasteiger partial charge in [-0.15, -0.1) is 0 Å². The summed E-state index contributed by atoms with van der Waals surface area (Å²) in [4.78, 5) is 2.33. The van der Waals surface area contributed by atoms with Gasteiger partial charge in [0.15, 0.2) is 0 Å². The molecule has 5 nitrogen and oxygen atoms in total. The quantitative estimate of drug-likeness (QED) is 0.570. The van der Waals surface area contributed by atoms with E-state index in [-0.39, 0.29) is 4.90 Å². The van der Waals surface area contributed by atoms with Crippen molar-refractivity contribution < 1.29 is 8.42 Å². The van der Waals surface area contributed by atoms with Gasteiger partial charge in [0.05, 0.1) is 4.90 Å². The van der Waals surface area contributed by atoms with Gasteiger partial charge in [-0.3, -0.25) is 0 Å². The number of nitrogens with one attached hydrogen (secondary N) is 1. The van der Waals surface area contributed by atoms with Gasteiger partial charge in [0.2, 0.25) is 10.0 Å². The van der Waals surface area contributed by atoms with Crippen molar-refractivity contribution in [3.05, 3.63) is 24.3 Å². The van der Waals surface area contributed by atoms with Gasteiger partial charge >= 0.3 is 0 Å². The number of nitrogens with zero attached hydrogens (tertiary/aromatic N) is 1. The van der Waals surface area contributed by atoms with Crippen LogP contribution in [0.25, 0.3) is 0 Å². The van der Waals surface area contributed by atoms with Crippen LogP contribution in [0.15, 0.2) is 29.2 Å². The number of rotatable bonds is 7. The molecule has 0 aliphatic heterocycles. The van der Waals surface area contributed by atoms with Gasteiger partial charge in [-0.1, -0.05) is 0 Å². The summed E-state index contributed by atoms with van der Waals surface area (Å²) in [6, 6.07) is 6.19. The highest BCUT2D eigenvalue weighted by molar-refractivity contribution is 7.89. The van der Waals surface area contributed by atoms with E-state index in [4.69, 9.17) is 5.73 Å². The van der Waals surface area contributed by atoms with Crippen molar-refractivity contribution in [2.24, 2.45) is 0 Å². The van der Waals surface area contributed by atoms with E-state index < -0.39 is 10.0 Å². The van der Waals surface area contributed by atoms with Crippen LogP contribution in [-0.4, -0.2) is 40.5 Å². The van der Waals surface area contributed by atoms with Crippen LogP contribution in [0.3, 0.4) is 0 Å². The molecule has 6 heteroatoms. The van der Waals surface area contributed by atoms with Gasteiger partial charge in [0, 0.05) is 12.2 Å². The Hall–Kier alpha value is -1.11. The summed E-state index contributed by atoms with van der Waals surface area (Å²) in [5.74, 6) is 0. The monoisotopic (exact) mass is 271 g/mol. The molecule has 0 spiro atoms. The van der Waals surface area contributed by atoms with E-state index in [1.54, 1.807) is 12.1 Å². The highest BCUT2D eigenvalue weighted by atomic mass is 32.2. The zero-order valence-corrected chi connectivity index (χ0v) is 11.7. The Morgan fingerprint density at radius 2 is 1.78 bits per heavy atom. The second-order valence-electron chi connectivity index (χ2n) is 4.48. The predicted molar refractivity (Wildman–Crippen MR) is 73.8 cm³/mol. The first-order valence-electron chi connectivity index (χ1n) is 5.92. The maximum absolute atomic E-state index is 11.9. The van der Waals surface area contributed by atoms with Crippen molar-refractivity contribution in [1.82, 2.24) is 9.62 Å². The van der Waals surface area contributed by atoms with Crippen molar-refractivity contribution in [3.8, 4) is 0 Å². The lowest BCUT2D eigenvalue weighted by molar-refractivity contribution is 0.394. The molecule has 1 aromatic rings. The van der Waals surface area contributed by atoms with E-state index in [9.17, 15) is 8.42 Å². The molecular weight excluding hydrogens is 250 g/mol. The molecule has 0 aliphatic carbocycles. The fourth-order valence-corrected chi connectivity index (χ4v) is 2.56. The molecule has 0 unspecified atom stereocenters. The molecule has 0 atom stereocenters. The highest BCUT2D eigenvalue weighted by Crippen LogP contribution is 2.11. The van der Waals surface area contributed by atoms with E-state index in [0.29, 0.717) is 12.2 Å². The first-order chi connectivity index (χ1) is 8.42. The number of hydrogen-bond acceptors (Lipinski definition) is 4. The molecule has 3 N–H and O–H groups in total. The molecule has 18 heavy (non-hydrogen) atoms. The van der Waals surface area contributed by atoms with Crippen molar-refractivity contribution in [2.45, 2.75) is 17.7 Å². The molecule has 0 aliphatic rings. The Morgan fingerprint density at radius 1 is 1.17 bits per heavy atom. The average molecular weight is 271 g/mol. The molecule has 0 saturated carbocycles. The second-order valence-corrected chi connectivity index (χ2v) is 6.24. The summed E-state index contributed by atoms with van der Waals surface area (Å²) in [5.41, 5.74) is 6.07. The molecule has 0 bridgehead atoms. The minimum absolute atomic E-state index is 0.254. The largest absolute Gasteiger partial charge is 0.399 e. The van der Waals surface area contributed by atoms with E-state index in [2.05, 4.69) is 9.62 Å². The Bertz CT molecular complexity index is 455. The van der Waals surface area contributed by atoms with Crippen molar-refractivity contribution in [2.75, 3.05) is 32.9 Å². The molecular formula is C12H21N3O2S. The van der Waals surface area contributed by atoms with Crippen LogP contribution in [0.2, 0.25) is 0 Å². The molecule has 102 valence electrons. The molecule has 0 fully saturated rings. The fourth-order valence-electron chi connectivity index (χ4n) is 1.49. The van der Waals surface area contributed by atoms with E-state index >= 15 is 0 Å². The molecule has 0 amide bonds. The van der Waals surface area contributed by atoms with Crippen LogP contribution in [0.5, 0.6) is 0 Å². The number of sulfonamides is 1. The first kappa shape index (κ1) is 14.9. The number of unbranched alkanes of at least 4 members (excludes halogenated alkanes) is 1. The third-order valence-corrected chi connectivity index (χ3v) is 3.99. The number of benzene rings is 1. The number of hydrogen-bond donors (Lipinski definition) is 2. The highest BCUT2D eigenvalue weighted by Gasteiger charge is 2.12. The van der Waals surface area contributed by atoms with Gasteiger partial charge in [-0.25, -0.2) is 13.1 Å². The van der Waals surface area contributed by atoms with Gasteiger partial charge < -0.3 is 10.6 Å². The lowest BCUT2D eigenvalue weighted by atomic mass is 10.3. The second kappa shape index (κ2) is 6.72. The van der Waals surface area contributed by atoms with Crippen molar-refractivity contribution in [1.29, 1.82) is 0 Å². The maximum atomic E-state index is 11.9. The Kier molecular flexibility index (Phi) is 5.58. The zero-order chi connectivity index (χ0) is 13.6. The third kappa shape index (κ3) is 5.03. The Balaban J connectivity index is 2.43. The smallest absolute Gasteiger partial charge is 0.240 e. The SMILES string of the molecule is CN(C)CCCCNS(=O)(=O)c1ccc(N)cc1. The first-order valence-corrected chi connectivity index (χ1v) is 7.40. The standard InChI is InChI=1S/C12H21N3O2S/c1-15(2)10-4-3-9-14-18(16,17)12-7-5-11(13)6-8-12/h5-8,14H,3-4,9-10,13H2,1-2H3. The van der Waals surface area contributed by atoms with Gasteiger partial charge in [-0.2, -0.15) is 0 Å². The van der Waals surface area contributed by atoms with E-state index in [1.165, 1.54) is 12.1 Å². The summed E-state index contributed by atoms with van der Waals surface area (Å²) < 4.78 is 26.3. The zero-order valence-electron chi connectivity index (χ0n) is 10.9. The molecule has 0 radical (unpaired) electrons. The minimum Gasteiger partial charge on any atom is -0.399 e. The lowest BCUT2D eigenvalue weighted by Crippen LogP contribution is -2.25. The number of anilines is 1. The minimum atomic E-state index is -3.40. The van der Waals surface area contributed by atoms with Crippen LogP contribution in [0.4, 0.5) is 5.69 Å². The molecule has 0 heterocycles. The Morgan fingerprint density at radius 3 is 2.33 bits per heavy atom. The van der Waals surface area contributed by atoms with Gasteiger partial charge in [-0.05, 0) is 57.7 Å². The van der Waals surface area contributed by atoms with Gasteiger partial charge in [0.1, 0.15) is 0 Å². The van der Waals surface area contributed by atoms with Crippen molar-refractivity contribution >= 4 is 15.7 Å². The number of nitrogen functional groups attached to an aromatic ring is 1. The average Bonchev–Trinajstić information content (AvgIpc) is 2.28. The Labute approximate surface area is 109 Å². The maximum Gasteiger partial charge on any atom is 0.240 e. The normalized spacial score (nSPS) is 11.9. The lowest BCUT2D eigenvalue weighted by Gasteiger charge is -2.10. The van der Waals surface area contributed by atoms with E-state index in [1.807, 2.05) is 14.1 Å². The van der Waals surface area contributed by atoms with Crippen LogP contribution in [0.1, 0.15) is 12.8 Å². The van der Waals surface area contributed by atoms with Crippen molar-refractivity contribution in [3.63, 3.8) is 0 Å². The summed E-state index contributed by atoms with van der Waals surface area (Å²) in [5, 5.41) is 0. The third-order valence-electron chi connectivity index (χ3n) is 2.51. The predicted octanol–water partition coefficient (Wildman–Crippen LogP) is 0.889. The van der Waals surface area contributed by atoms with Crippen LogP contribution >= 0.6 is 0 Å². The summed E-state index contributed by atoms with van der Waals surface area (Å²) in [6.07, 6.45) is 1.80. The summed E-state index contributed by atoms with van der Waals surface area (Å²) >= 11 is 0. The summed E-state index contributed by atoms with van der Waals surface area (Å²) in [7, 11) is 0.600. The fraction of sp³-hybridized carbons (Fsp3) is 0.500. The van der Waals surface area contributed by atoms with Crippen LogP contribution in [-0.2, 0) is 10.0 Å². The topological polar surface area (TPSA) is 75.4 Å². The van der Waals surface area contributed by atoms with E-state index in [0.717, 1.165) is 19.4 Å². The summed E-state index contributed by atoms with van der Waals surface area (Å²) in [6.45, 7) is 1.42. The molecule has 1 rings (SSSR count). The van der Waals surface area contributed by atoms with Crippen LogP contribution in [0, 0.1) is 0 Å². The molecule has 0 saturated heterocycles. The number of nitrogens with two attached hydrogens (primary N) is 1. The molecule has 1 aromatic carbocycles. The van der Waals surface area contributed by atoms with Crippen LogP contribution < -0.4 is 10.5 Å². The molecule has 0 aromatic heterocycles.